The molecule has 1 aromatic heterocycles. The minimum Gasteiger partial charge on any atom is -0.481 e. The van der Waals surface area contributed by atoms with Gasteiger partial charge in [0.15, 0.2) is 0 Å². The Bertz CT molecular complexity index is 460. The molecule has 21 heavy (non-hydrogen) atoms. The number of nitrogens with one attached hydrogen (secondary N) is 2. The van der Waals surface area contributed by atoms with Crippen LogP contribution in [0.1, 0.15) is 26.7 Å². The van der Waals surface area contributed by atoms with E-state index in [4.69, 9.17) is 9.84 Å². The van der Waals surface area contributed by atoms with Crippen LogP contribution in [-0.2, 0) is 4.79 Å². The summed E-state index contributed by atoms with van der Waals surface area (Å²) >= 11 is 0. The van der Waals surface area contributed by atoms with E-state index >= 15 is 0 Å². The normalized spacial score (nSPS) is 10.2. The molecule has 0 saturated heterocycles. The highest BCUT2D eigenvalue weighted by Crippen LogP contribution is 2.12. The van der Waals surface area contributed by atoms with Gasteiger partial charge in [0, 0.05) is 19.0 Å². The highest BCUT2D eigenvalue weighted by molar-refractivity contribution is 5.89. The summed E-state index contributed by atoms with van der Waals surface area (Å²) < 4.78 is 5.43. The third kappa shape index (κ3) is 7.76. The molecule has 0 spiro atoms. The number of carboxylic acids is 1. The molecule has 0 bridgehead atoms. The van der Waals surface area contributed by atoms with Crippen LogP contribution >= 0.6 is 0 Å². The van der Waals surface area contributed by atoms with Gasteiger partial charge >= 0.3 is 12.0 Å². The van der Waals surface area contributed by atoms with E-state index < -0.39 is 12.0 Å². The van der Waals surface area contributed by atoms with E-state index in [1.54, 1.807) is 12.1 Å². The summed E-state index contributed by atoms with van der Waals surface area (Å²) in [5, 5.41) is 13.6. The molecule has 3 N–H and O–H groups in total. The van der Waals surface area contributed by atoms with Crippen molar-refractivity contribution >= 4 is 17.7 Å². The van der Waals surface area contributed by atoms with Crippen molar-refractivity contribution in [2.24, 2.45) is 5.92 Å². The van der Waals surface area contributed by atoms with Crippen molar-refractivity contribution in [3.63, 3.8) is 0 Å². The van der Waals surface area contributed by atoms with Gasteiger partial charge < -0.3 is 20.5 Å². The molecule has 0 atom stereocenters. The van der Waals surface area contributed by atoms with E-state index in [-0.39, 0.29) is 6.42 Å². The lowest BCUT2D eigenvalue weighted by molar-refractivity contribution is -0.137. The van der Waals surface area contributed by atoms with Crippen LogP contribution in [0.15, 0.2) is 18.3 Å². The highest BCUT2D eigenvalue weighted by atomic mass is 16.5. The number of aromatic nitrogens is 1. The van der Waals surface area contributed by atoms with Crippen LogP contribution in [0.25, 0.3) is 0 Å². The Morgan fingerprint density at radius 1 is 1.38 bits per heavy atom. The monoisotopic (exact) mass is 295 g/mol. The second-order valence-corrected chi connectivity index (χ2v) is 4.97. The molecular formula is C14H21N3O4. The van der Waals surface area contributed by atoms with Gasteiger partial charge in [-0.2, -0.15) is 0 Å². The summed E-state index contributed by atoms with van der Waals surface area (Å²) in [7, 11) is 0. The third-order valence-electron chi connectivity index (χ3n) is 2.41. The number of amides is 2. The Morgan fingerprint density at radius 3 is 2.71 bits per heavy atom. The lowest BCUT2D eigenvalue weighted by Crippen LogP contribution is -2.29. The second kappa shape index (κ2) is 8.78. The summed E-state index contributed by atoms with van der Waals surface area (Å²) in [6.45, 7) is 4.99. The summed E-state index contributed by atoms with van der Waals surface area (Å²) in [6.07, 6.45) is 1.93. The number of carbonyl (C=O) groups is 2. The molecule has 0 aliphatic carbocycles. The number of carbonyl (C=O) groups excluding carboxylic acids is 1. The molecule has 7 heteroatoms. The zero-order valence-electron chi connectivity index (χ0n) is 12.3. The van der Waals surface area contributed by atoms with Gasteiger partial charge in [-0.1, -0.05) is 13.8 Å². The van der Waals surface area contributed by atoms with Crippen molar-refractivity contribution in [2.45, 2.75) is 26.7 Å². The number of anilines is 1. The van der Waals surface area contributed by atoms with E-state index in [1.165, 1.54) is 6.20 Å². The van der Waals surface area contributed by atoms with Gasteiger partial charge in [0.2, 0.25) is 5.88 Å². The minimum atomic E-state index is -0.876. The number of urea groups is 1. The Hall–Kier alpha value is -2.31. The molecule has 0 unspecified atom stereocenters. The molecule has 116 valence electrons. The van der Waals surface area contributed by atoms with E-state index in [2.05, 4.69) is 15.6 Å². The average Bonchev–Trinajstić information content (AvgIpc) is 2.42. The molecule has 0 saturated carbocycles. The van der Waals surface area contributed by atoms with Gasteiger partial charge in [0.25, 0.3) is 0 Å². The molecular weight excluding hydrogens is 274 g/mol. The lowest BCUT2D eigenvalue weighted by atomic mass is 10.2. The van der Waals surface area contributed by atoms with Gasteiger partial charge in [-0.15, -0.1) is 0 Å². The number of ether oxygens (including phenoxy) is 1. The number of aliphatic carboxylic acids is 1. The fourth-order valence-corrected chi connectivity index (χ4v) is 1.41. The molecule has 2 amide bonds. The maximum Gasteiger partial charge on any atom is 0.319 e. The molecule has 0 radical (unpaired) electrons. The smallest absolute Gasteiger partial charge is 0.319 e. The SMILES string of the molecule is CC(C)COc1ccc(NC(=O)NCCCC(=O)O)cn1. The molecule has 1 aromatic rings. The predicted molar refractivity (Wildman–Crippen MR) is 78.5 cm³/mol. The number of hydrogen-bond donors (Lipinski definition) is 3. The van der Waals surface area contributed by atoms with E-state index in [9.17, 15) is 9.59 Å². The fraction of sp³-hybridized carbons (Fsp3) is 0.500. The van der Waals surface area contributed by atoms with Gasteiger partial charge in [-0.25, -0.2) is 9.78 Å². The molecule has 0 aliphatic rings. The average molecular weight is 295 g/mol. The lowest BCUT2D eigenvalue weighted by Gasteiger charge is -2.09. The van der Waals surface area contributed by atoms with Crippen LogP contribution in [0.2, 0.25) is 0 Å². The Morgan fingerprint density at radius 2 is 2.14 bits per heavy atom. The largest absolute Gasteiger partial charge is 0.481 e. The van der Waals surface area contributed by atoms with Crippen LogP contribution in [-0.4, -0.2) is 35.2 Å². The van der Waals surface area contributed by atoms with Crippen molar-refractivity contribution in [2.75, 3.05) is 18.5 Å². The topological polar surface area (TPSA) is 101 Å². The first-order valence-electron chi connectivity index (χ1n) is 6.83. The van der Waals surface area contributed by atoms with Crippen LogP contribution in [0, 0.1) is 5.92 Å². The van der Waals surface area contributed by atoms with Crippen LogP contribution in [0.3, 0.4) is 0 Å². The van der Waals surface area contributed by atoms with E-state index in [0.29, 0.717) is 37.1 Å². The summed E-state index contributed by atoms with van der Waals surface area (Å²) in [6, 6.07) is 2.99. The quantitative estimate of drug-likeness (QED) is 0.638. The highest BCUT2D eigenvalue weighted by Gasteiger charge is 2.04. The summed E-state index contributed by atoms with van der Waals surface area (Å²) in [5.41, 5.74) is 0.544. The number of hydrogen-bond acceptors (Lipinski definition) is 4. The van der Waals surface area contributed by atoms with Crippen molar-refractivity contribution in [3.8, 4) is 5.88 Å². The van der Waals surface area contributed by atoms with Crippen LogP contribution in [0.5, 0.6) is 5.88 Å². The first-order chi connectivity index (χ1) is 9.97. The molecule has 1 heterocycles. The van der Waals surface area contributed by atoms with Crippen LogP contribution in [0.4, 0.5) is 10.5 Å². The number of nitrogens with zero attached hydrogens (tertiary/aromatic N) is 1. The van der Waals surface area contributed by atoms with E-state index in [0.717, 1.165) is 0 Å². The molecule has 0 aliphatic heterocycles. The first kappa shape index (κ1) is 16.7. The number of pyridine rings is 1. The van der Waals surface area contributed by atoms with Gasteiger partial charge in [-0.3, -0.25) is 4.79 Å². The summed E-state index contributed by atoms with van der Waals surface area (Å²) in [5.74, 6) is 0.0516. The zero-order chi connectivity index (χ0) is 15.7. The predicted octanol–water partition coefficient (Wildman–Crippen LogP) is 2.10. The maximum atomic E-state index is 11.5. The Kier molecular flexibility index (Phi) is 7.00. The maximum absolute atomic E-state index is 11.5. The van der Waals surface area contributed by atoms with E-state index in [1.807, 2.05) is 13.8 Å². The van der Waals surface area contributed by atoms with Crippen molar-refractivity contribution in [3.05, 3.63) is 18.3 Å². The molecule has 0 fully saturated rings. The number of rotatable bonds is 8. The first-order valence-corrected chi connectivity index (χ1v) is 6.83. The zero-order valence-corrected chi connectivity index (χ0v) is 12.3. The van der Waals surface area contributed by atoms with Gasteiger partial charge in [-0.05, 0) is 18.4 Å². The molecule has 1 rings (SSSR count). The Balaban J connectivity index is 2.30. The van der Waals surface area contributed by atoms with Gasteiger partial charge in [0.1, 0.15) is 0 Å². The van der Waals surface area contributed by atoms with Crippen LogP contribution < -0.4 is 15.4 Å². The van der Waals surface area contributed by atoms with Crippen molar-refractivity contribution < 1.29 is 19.4 Å². The minimum absolute atomic E-state index is 0.0315. The second-order valence-electron chi connectivity index (χ2n) is 4.97. The molecule has 7 nitrogen and oxygen atoms in total. The van der Waals surface area contributed by atoms with Crippen molar-refractivity contribution in [1.29, 1.82) is 0 Å². The number of carboxylic acid groups (broad SMARTS) is 1. The standard InChI is InChI=1S/C14H21N3O4/c1-10(2)9-21-12-6-5-11(8-16-12)17-14(20)15-7-3-4-13(18)19/h5-6,8,10H,3-4,7,9H2,1-2H3,(H,18,19)(H2,15,17,20). The summed E-state index contributed by atoms with van der Waals surface area (Å²) in [4.78, 5) is 25.9. The third-order valence-corrected chi connectivity index (χ3v) is 2.41. The fourth-order valence-electron chi connectivity index (χ4n) is 1.41. The van der Waals surface area contributed by atoms with Gasteiger partial charge in [0.05, 0.1) is 18.5 Å². The van der Waals surface area contributed by atoms with Crippen molar-refractivity contribution in [1.82, 2.24) is 10.3 Å². The Labute approximate surface area is 123 Å². The molecule has 0 aromatic carbocycles.